The molecule has 0 aromatic heterocycles. The Balaban J connectivity index is 1.91. The molecule has 0 unspecified atom stereocenters. The monoisotopic (exact) mass is 300 g/mol. The molecule has 0 bridgehead atoms. The van der Waals surface area contributed by atoms with Gasteiger partial charge < -0.3 is 19.7 Å². The summed E-state index contributed by atoms with van der Waals surface area (Å²) in [6.45, 7) is 3.15. The second-order valence-electron chi connectivity index (χ2n) is 4.29. The fourth-order valence-electron chi connectivity index (χ4n) is 1.66. The number of hydrogen-bond donors (Lipinski definition) is 1. The van der Waals surface area contributed by atoms with E-state index in [1.165, 1.54) is 5.56 Å². The van der Waals surface area contributed by atoms with E-state index in [1.54, 1.807) is 0 Å². The van der Waals surface area contributed by atoms with Gasteiger partial charge in [0, 0.05) is 19.6 Å². The summed E-state index contributed by atoms with van der Waals surface area (Å²) in [7, 11) is 4.14. The summed E-state index contributed by atoms with van der Waals surface area (Å²) in [5, 5.41) is 3.39. The fourth-order valence-corrected chi connectivity index (χ4v) is 2.26. The smallest absolute Gasteiger partial charge is 0.231 e. The molecule has 1 aliphatic heterocycles. The van der Waals surface area contributed by atoms with Crippen LogP contribution in [-0.4, -0.2) is 38.9 Å². The third-order valence-electron chi connectivity index (χ3n) is 2.55. The van der Waals surface area contributed by atoms with E-state index in [-0.39, 0.29) is 0 Å². The Morgan fingerprint density at radius 2 is 2.18 bits per heavy atom. The first-order valence-electron chi connectivity index (χ1n) is 5.60. The van der Waals surface area contributed by atoms with Crippen LogP contribution in [0.5, 0.6) is 11.5 Å². The Hall–Kier alpha value is -0.780. The van der Waals surface area contributed by atoms with Gasteiger partial charge in [-0.1, -0.05) is 0 Å². The van der Waals surface area contributed by atoms with Crippen LogP contribution in [0, 0.1) is 0 Å². The maximum absolute atomic E-state index is 5.38. The fraction of sp³-hybridized carbons (Fsp3) is 0.500. The maximum Gasteiger partial charge on any atom is 0.231 e. The van der Waals surface area contributed by atoms with Gasteiger partial charge in [-0.15, -0.1) is 0 Å². The van der Waals surface area contributed by atoms with Gasteiger partial charge in [0.1, 0.15) is 0 Å². The van der Waals surface area contributed by atoms with Gasteiger partial charge >= 0.3 is 0 Å². The molecule has 0 spiro atoms. The summed E-state index contributed by atoms with van der Waals surface area (Å²) in [5.74, 6) is 1.63. The van der Waals surface area contributed by atoms with Crippen LogP contribution in [0.2, 0.25) is 0 Å². The van der Waals surface area contributed by atoms with Crippen molar-refractivity contribution in [3.63, 3.8) is 0 Å². The summed E-state index contributed by atoms with van der Waals surface area (Å²) in [6, 6.07) is 4.09. The van der Waals surface area contributed by atoms with Crippen molar-refractivity contribution in [2.24, 2.45) is 0 Å². The second kappa shape index (κ2) is 5.71. The lowest BCUT2D eigenvalue weighted by Gasteiger charge is -2.11. The number of nitrogens with zero attached hydrogens (tertiary/aromatic N) is 1. The zero-order valence-electron chi connectivity index (χ0n) is 10.1. The molecule has 0 atom stereocenters. The molecule has 1 N–H and O–H groups in total. The molecule has 0 saturated carbocycles. The minimum Gasteiger partial charge on any atom is -0.454 e. The van der Waals surface area contributed by atoms with Gasteiger partial charge in [-0.25, -0.2) is 0 Å². The molecule has 1 aliphatic rings. The van der Waals surface area contributed by atoms with Crippen molar-refractivity contribution in [3.05, 3.63) is 22.2 Å². The number of nitrogens with one attached hydrogen (secondary N) is 1. The molecule has 5 heteroatoms. The Bertz CT molecular complexity index is 396. The standard InChI is InChI=1S/C12H17BrN2O2/c1-15(2)4-3-14-7-9-5-10(13)12-11(6-9)16-8-17-12/h5-6,14H,3-4,7-8H2,1-2H3. The van der Waals surface area contributed by atoms with E-state index in [0.29, 0.717) is 6.79 Å². The highest BCUT2D eigenvalue weighted by Crippen LogP contribution is 2.39. The molecule has 1 heterocycles. The van der Waals surface area contributed by atoms with Crippen LogP contribution >= 0.6 is 15.9 Å². The van der Waals surface area contributed by atoms with Crippen LogP contribution in [0.4, 0.5) is 0 Å². The van der Waals surface area contributed by atoms with Gasteiger partial charge in [-0.2, -0.15) is 0 Å². The lowest BCUT2D eigenvalue weighted by Crippen LogP contribution is -2.26. The molecule has 94 valence electrons. The zero-order valence-corrected chi connectivity index (χ0v) is 11.7. The third-order valence-corrected chi connectivity index (χ3v) is 3.14. The highest BCUT2D eigenvalue weighted by molar-refractivity contribution is 9.10. The van der Waals surface area contributed by atoms with Crippen LogP contribution in [-0.2, 0) is 6.54 Å². The van der Waals surface area contributed by atoms with E-state index < -0.39 is 0 Å². The molecule has 0 fully saturated rings. The van der Waals surface area contributed by atoms with E-state index in [2.05, 4.69) is 46.3 Å². The van der Waals surface area contributed by atoms with E-state index in [9.17, 15) is 0 Å². The van der Waals surface area contributed by atoms with E-state index in [0.717, 1.165) is 35.6 Å². The maximum atomic E-state index is 5.38. The van der Waals surface area contributed by atoms with E-state index >= 15 is 0 Å². The average molecular weight is 301 g/mol. The summed E-state index contributed by atoms with van der Waals surface area (Å²) in [6.07, 6.45) is 0. The molecular formula is C12H17BrN2O2. The quantitative estimate of drug-likeness (QED) is 0.841. The molecule has 1 aromatic carbocycles. The van der Waals surface area contributed by atoms with E-state index in [1.807, 2.05) is 6.07 Å². The molecule has 0 saturated heterocycles. The number of ether oxygens (including phenoxy) is 2. The average Bonchev–Trinajstić information content (AvgIpc) is 2.72. The van der Waals surface area contributed by atoms with Crippen molar-refractivity contribution in [1.29, 1.82) is 0 Å². The second-order valence-corrected chi connectivity index (χ2v) is 5.15. The van der Waals surface area contributed by atoms with Crippen LogP contribution < -0.4 is 14.8 Å². The lowest BCUT2D eigenvalue weighted by atomic mass is 10.2. The minimum absolute atomic E-state index is 0.311. The Morgan fingerprint density at radius 3 is 2.94 bits per heavy atom. The van der Waals surface area contributed by atoms with Crippen LogP contribution in [0.1, 0.15) is 5.56 Å². The highest BCUT2D eigenvalue weighted by Gasteiger charge is 2.17. The van der Waals surface area contributed by atoms with Crippen LogP contribution in [0.3, 0.4) is 0 Å². The van der Waals surface area contributed by atoms with Gasteiger partial charge in [-0.3, -0.25) is 0 Å². The Labute approximate surface area is 110 Å². The van der Waals surface area contributed by atoms with Gasteiger partial charge in [0.2, 0.25) is 6.79 Å². The first kappa shape index (κ1) is 12.7. The summed E-state index contributed by atoms with van der Waals surface area (Å²) >= 11 is 3.49. The van der Waals surface area contributed by atoms with Crippen LogP contribution in [0.25, 0.3) is 0 Å². The molecule has 0 radical (unpaired) electrons. The summed E-state index contributed by atoms with van der Waals surface area (Å²) < 4.78 is 11.7. The van der Waals surface area contributed by atoms with Gasteiger partial charge in [-0.05, 0) is 47.7 Å². The lowest BCUT2D eigenvalue weighted by molar-refractivity contribution is 0.173. The Kier molecular flexibility index (Phi) is 4.25. The number of likely N-dealkylation sites (N-methyl/N-ethyl adjacent to an activating group) is 1. The topological polar surface area (TPSA) is 33.7 Å². The SMILES string of the molecule is CN(C)CCNCc1cc(Br)c2c(c1)OCO2. The normalized spacial score (nSPS) is 13.4. The molecule has 2 rings (SSSR count). The van der Waals surface area contributed by atoms with Crippen molar-refractivity contribution in [3.8, 4) is 11.5 Å². The third kappa shape index (κ3) is 3.34. The van der Waals surface area contributed by atoms with Crippen molar-refractivity contribution >= 4 is 15.9 Å². The van der Waals surface area contributed by atoms with Gasteiger partial charge in [0.25, 0.3) is 0 Å². The molecule has 4 nitrogen and oxygen atoms in total. The Morgan fingerprint density at radius 1 is 1.35 bits per heavy atom. The van der Waals surface area contributed by atoms with Crippen molar-refractivity contribution in [2.75, 3.05) is 34.0 Å². The molecule has 0 amide bonds. The van der Waals surface area contributed by atoms with Crippen LogP contribution in [0.15, 0.2) is 16.6 Å². The van der Waals surface area contributed by atoms with Gasteiger partial charge in [0.15, 0.2) is 11.5 Å². The number of fused-ring (bicyclic) bond motifs is 1. The first-order chi connectivity index (χ1) is 8.16. The van der Waals surface area contributed by atoms with E-state index in [4.69, 9.17) is 9.47 Å². The number of halogens is 1. The number of benzene rings is 1. The molecule has 0 aliphatic carbocycles. The minimum atomic E-state index is 0.311. The number of hydrogen-bond acceptors (Lipinski definition) is 4. The van der Waals surface area contributed by atoms with Gasteiger partial charge in [0.05, 0.1) is 4.47 Å². The summed E-state index contributed by atoms with van der Waals surface area (Å²) in [5.41, 5.74) is 1.19. The van der Waals surface area contributed by atoms with Crippen molar-refractivity contribution in [1.82, 2.24) is 10.2 Å². The largest absolute Gasteiger partial charge is 0.454 e. The number of rotatable bonds is 5. The molecule has 17 heavy (non-hydrogen) atoms. The highest BCUT2D eigenvalue weighted by atomic mass is 79.9. The molecule has 1 aromatic rings. The first-order valence-corrected chi connectivity index (χ1v) is 6.39. The summed E-state index contributed by atoms with van der Waals surface area (Å²) in [4.78, 5) is 2.16. The molecular weight excluding hydrogens is 284 g/mol. The predicted octanol–water partition coefficient (Wildman–Crippen LogP) is 1.83. The zero-order chi connectivity index (χ0) is 12.3. The predicted molar refractivity (Wildman–Crippen MR) is 70.5 cm³/mol. The van der Waals surface area contributed by atoms with Crippen molar-refractivity contribution in [2.45, 2.75) is 6.54 Å². The van der Waals surface area contributed by atoms with Crippen molar-refractivity contribution < 1.29 is 9.47 Å².